The van der Waals surface area contributed by atoms with Crippen LogP contribution in [0.4, 0.5) is 5.69 Å². The van der Waals surface area contributed by atoms with E-state index < -0.39 is 28.0 Å². The number of amides is 1. The fourth-order valence-corrected chi connectivity index (χ4v) is 5.07. The van der Waals surface area contributed by atoms with Crippen LogP contribution in [-0.4, -0.2) is 52.1 Å². The maximum absolute atomic E-state index is 12.8. The molecule has 1 heterocycles. The normalized spacial score (nSPS) is 12.6. The molecular formula is C25H23ClN2O8S. The minimum Gasteiger partial charge on any atom is -0.495 e. The van der Waals surface area contributed by atoms with Gasteiger partial charge < -0.3 is 19.2 Å². The van der Waals surface area contributed by atoms with Gasteiger partial charge in [0.25, 0.3) is 15.9 Å². The maximum Gasteiger partial charge on any atom is 0.338 e. The summed E-state index contributed by atoms with van der Waals surface area (Å²) in [6, 6.07) is 14.5. The largest absolute Gasteiger partial charge is 0.495 e. The number of para-hydroxylation sites is 1. The topological polar surface area (TPSA) is 124 Å². The zero-order chi connectivity index (χ0) is 26.9. The van der Waals surface area contributed by atoms with Crippen LogP contribution in [0, 0.1) is 0 Å². The Kier molecular flexibility index (Phi) is 7.42. The highest BCUT2D eigenvalue weighted by atomic mass is 35.5. The van der Waals surface area contributed by atoms with E-state index in [1.807, 2.05) is 24.3 Å². The SMILES string of the molecule is COc1cc2c(cc1NC(=O)[C@@H](C)OC(=O)c1ccc(Cl)c(S(=O)(=O)N(C)OC)c1)oc1ccccc12. The van der Waals surface area contributed by atoms with Gasteiger partial charge in [-0.1, -0.05) is 34.3 Å². The minimum atomic E-state index is -4.13. The van der Waals surface area contributed by atoms with Gasteiger partial charge in [0, 0.05) is 23.9 Å². The van der Waals surface area contributed by atoms with Crippen LogP contribution >= 0.6 is 11.6 Å². The number of hydroxylamine groups is 1. The van der Waals surface area contributed by atoms with Gasteiger partial charge >= 0.3 is 5.97 Å². The van der Waals surface area contributed by atoms with Crippen molar-refractivity contribution in [3.8, 4) is 5.75 Å². The van der Waals surface area contributed by atoms with Gasteiger partial charge in [-0.2, -0.15) is 0 Å². The summed E-state index contributed by atoms with van der Waals surface area (Å²) in [5, 5.41) is 4.29. The van der Waals surface area contributed by atoms with Crippen molar-refractivity contribution in [3.05, 3.63) is 65.2 Å². The van der Waals surface area contributed by atoms with Crippen molar-refractivity contribution < 1.29 is 36.7 Å². The standard InChI is InChI=1S/C25H23ClN2O8S/c1-14(35-25(30)15-9-10-18(26)23(11-15)37(31,32)28(2)34-4)24(29)27-19-13-21-17(12-22(19)33-3)16-7-5-6-8-20(16)36-21/h5-14H,1-4H3,(H,27,29)/t14-/m1/s1. The number of fused-ring (bicyclic) bond motifs is 3. The number of benzene rings is 3. The first-order valence-electron chi connectivity index (χ1n) is 10.9. The predicted molar refractivity (Wildman–Crippen MR) is 137 cm³/mol. The molecule has 10 nitrogen and oxygen atoms in total. The lowest BCUT2D eigenvalue weighted by molar-refractivity contribution is -0.123. The van der Waals surface area contributed by atoms with Gasteiger partial charge in [-0.05, 0) is 37.3 Å². The number of nitrogens with zero attached hydrogens (tertiary/aromatic N) is 1. The number of rotatable bonds is 8. The predicted octanol–water partition coefficient (Wildman–Crippen LogP) is 4.61. The number of methoxy groups -OCH3 is 1. The zero-order valence-electron chi connectivity index (χ0n) is 20.3. The Morgan fingerprint density at radius 3 is 2.46 bits per heavy atom. The molecule has 0 aliphatic heterocycles. The molecule has 4 rings (SSSR count). The summed E-state index contributed by atoms with van der Waals surface area (Å²) in [5.74, 6) is -1.17. The second-order valence-electron chi connectivity index (χ2n) is 7.93. The Balaban J connectivity index is 1.54. The molecule has 0 radical (unpaired) electrons. The molecule has 0 bridgehead atoms. The van der Waals surface area contributed by atoms with Crippen molar-refractivity contribution in [1.82, 2.24) is 4.47 Å². The Morgan fingerprint density at radius 2 is 1.76 bits per heavy atom. The average Bonchev–Trinajstić information content (AvgIpc) is 3.24. The highest BCUT2D eigenvalue weighted by Gasteiger charge is 2.27. The van der Waals surface area contributed by atoms with Crippen molar-refractivity contribution in [2.24, 2.45) is 0 Å². The monoisotopic (exact) mass is 546 g/mol. The molecule has 1 atom stereocenters. The first-order chi connectivity index (χ1) is 17.6. The fourth-order valence-electron chi connectivity index (χ4n) is 3.60. The van der Waals surface area contributed by atoms with E-state index in [0.717, 1.165) is 16.8 Å². The van der Waals surface area contributed by atoms with Gasteiger partial charge in [0.2, 0.25) is 0 Å². The summed E-state index contributed by atoms with van der Waals surface area (Å²) in [6.45, 7) is 1.38. The van der Waals surface area contributed by atoms with E-state index >= 15 is 0 Å². The van der Waals surface area contributed by atoms with Crippen molar-refractivity contribution in [2.75, 3.05) is 26.6 Å². The first kappa shape index (κ1) is 26.4. The second-order valence-corrected chi connectivity index (χ2v) is 10.2. The highest BCUT2D eigenvalue weighted by molar-refractivity contribution is 7.89. The molecule has 1 aromatic heterocycles. The van der Waals surface area contributed by atoms with Crippen LogP contribution in [0.1, 0.15) is 17.3 Å². The van der Waals surface area contributed by atoms with E-state index in [0.29, 0.717) is 27.1 Å². The van der Waals surface area contributed by atoms with Crippen LogP contribution in [0.3, 0.4) is 0 Å². The number of furan rings is 1. The molecule has 0 fully saturated rings. The average molecular weight is 547 g/mol. The zero-order valence-corrected chi connectivity index (χ0v) is 21.8. The Bertz CT molecular complexity index is 1620. The summed E-state index contributed by atoms with van der Waals surface area (Å²) in [6.07, 6.45) is -1.24. The van der Waals surface area contributed by atoms with Gasteiger partial charge in [0.15, 0.2) is 6.10 Å². The molecule has 194 valence electrons. The quantitative estimate of drug-likeness (QED) is 0.251. The molecule has 0 aliphatic rings. The molecule has 4 aromatic rings. The molecule has 0 unspecified atom stereocenters. The molecule has 0 saturated heterocycles. The van der Waals surface area contributed by atoms with Gasteiger partial charge in [0.1, 0.15) is 21.8 Å². The van der Waals surface area contributed by atoms with Crippen LogP contribution in [0.25, 0.3) is 21.9 Å². The summed E-state index contributed by atoms with van der Waals surface area (Å²) in [7, 11) is -0.307. The van der Waals surface area contributed by atoms with Crippen molar-refractivity contribution in [3.63, 3.8) is 0 Å². The van der Waals surface area contributed by atoms with E-state index in [-0.39, 0.29) is 15.5 Å². The van der Waals surface area contributed by atoms with Gasteiger partial charge in [-0.3, -0.25) is 9.63 Å². The van der Waals surface area contributed by atoms with Crippen LogP contribution in [0.5, 0.6) is 5.75 Å². The number of anilines is 1. The van der Waals surface area contributed by atoms with E-state index in [2.05, 4.69) is 5.32 Å². The minimum absolute atomic E-state index is 0.112. The molecular weight excluding hydrogens is 524 g/mol. The fraction of sp³-hybridized carbons (Fsp3) is 0.200. The highest BCUT2D eigenvalue weighted by Crippen LogP contribution is 2.36. The molecule has 1 N–H and O–H groups in total. The Labute approximate surface area is 217 Å². The molecule has 12 heteroatoms. The molecule has 0 aliphatic carbocycles. The smallest absolute Gasteiger partial charge is 0.338 e. The van der Waals surface area contributed by atoms with Crippen molar-refractivity contribution >= 4 is 61.1 Å². The molecule has 1 amide bonds. The lowest BCUT2D eigenvalue weighted by Gasteiger charge is -2.17. The third kappa shape index (κ3) is 5.12. The lowest BCUT2D eigenvalue weighted by Crippen LogP contribution is -2.30. The number of halogens is 1. The van der Waals surface area contributed by atoms with E-state index in [1.54, 1.807) is 12.1 Å². The lowest BCUT2D eigenvalue weighted by atomic mass is 10.1. The maximum atomic E-state index is 12.8. The van der Waals surface area contributed by atoms with Gasteiger partial charge in [-0.15, -0.1) is 0 Å². The van der Waals surface area contributed by atoms with E-state index in [4.69, 9.17) is 30.3 Å². The van der Waals surface area contributed by atoms with E-state index in [9.17, 15) is 18.0 Å². The third-order valence-electron chi connectivity index (χ3n) is 5.65. The summed E-state index contributed by atoms with van der Waals surface area (Å²) in [4.78, 5) is 30.0. The molecule has 0 saturated carbocycles. The number of nitrogens with one attached hydrogen (secondary N) is 1. The van der Waals surface area contributed by atoms with Crippen molar-refractivity contribution in [1.29, 1.82) is 0 Å². The summed E-state index contributed by atoms with van der Waals surface area (Å²) >= 11 is 6.03. The summed E-state index contributed by atoms with van der Waals surface area (Å²) in [5.41, 5.74) is 1.43. The van der Waals surface area contributed by atoms with E-state index in [1.165, 1.54) is 40.3 Å². The number of ether oxygens (including phenoxy) is 2. The Morgan fingerprint density at radius 1 is 1.03 bits per heavy atom. The van der Waals surface area contributed by atoms with Crippen molar-refractivity contribution in [2.45, 2.75) is 17.9 Å². The number of hydrogen-bond acceptors (Lipinski definition) is 8. The first-order valence-corrected chi connectivity index (χ1v) is 12.7. The van der Waals surface area contributed by atoms with Gasteiger partial charge in [0.05, 0.1) is 30.5 Å². The number of carbonyl (C=O) groups is 2. The number of hydrogen-bond donors (Lipinski definition) is 1. The van der Waals surface area contributed by atoms with Crippen LogP contribution < -0.4 is 10.1 Å². The Hall–Kier alpha value is -3.64. The number of carbonyl (C=O) groups excluding carboxylic acids is 2. The molecule has 3 aromatic carbocycles. The van der Waals surface area contributed by atoms with Crippen LogP contribution in [-0.2, 0) is 24.4 Å². The van der Waals surface area contributed by atoms with Gasteiger partial charge in [-0.25, -0.2) is 13.2 Å². The summed E-state index contributed by atoms with van der Waals surface area (Å²) < 4.78 is 42.4. The van der Waals surface area contributed by atoms with Crippen LogP contribution in [0.2, 0.25) is 5.02 Å². The number of esters is 1. The molecule has 37 heavy (non-hydrogen) atoms. The third-order valence-corrected chi connectivity index (χ3v) is 7.81. The second kappa shape index (κ2) is 10.4. The van der Waals surface area contributed by atoms with Crippen LogP contribution in [0.15, 0.2) is 63.9 Å². The molecule has 0 spiro atoms. The number of sulfonamides is 1.